The Morgan fingerprint density at radius 1 is 1.03 bits per heavy atom. The van der Waals surface area contributed by atoms with Crippen LogP contribution in [0.1, 0.15) is 42.7 Å². The van der Waals surface area contributed by atoms with Crippen molar-refractivity contribution in [3.05, 3.63) is 84.1 Å². The van der Waals surface area contributed by atoms with Crippen LogP contribution in [-0.2, 0) is 11.3 Å². The molecule has 1 saturated heterocycles. The van der Waals surface area contributed by atoms with Crippen molar-refractivity contribution in [1.29, 1.82) is 0 Å². The second-order valence-electron chi connectivity index (χ2n) is 8.98. The summed E-state index contributed by atoms with van der Waals surface area (Å²) in [5, 5.41) is 14.2. The van der Waals surface area contributed by atoms with Crippen LogP contribution in [0.4, 0.5) is 5.82 Å². The van der Waals surface area contributed by atoms with Crippen molar-refractivity contribution in [2.45, 2.75) is 51.7 Å². The maximum atomic E-state index is 12.4. The Kier molecular flexibility index (Phi) is 9.35. The van der Waals surface area contributed by atoms with Gasteiger partial charge in [0.05, 0.1) is 6.61 Å². The van der Waals surface area contributed by atoms with Crippen molar-refractivity contribution >= 4 is 11.8 Å². The van der Waals surface area contributed by atoms with Crippen LogP contribution in [-0.4, -0.2) is 54.1 Å². The van der Waals surface area contributed by atoms with Crippen molar-refractivity contribution < 1.29 is 24.1 Å². The Balaban J connectivity index is 1.55. The van der Waals surface area contributed by atoms with Gasteiger partial charge in [-0.15, -0.1) is 0 Å². The predicted octanol–water partition coefficient (Wildman–Crippen LogP) is 4.18. The van der Waals surface area contributed by atoms with Crippen molar-refractivity contribution in [3.63, 3.8) is 0 Å². The van der Waals surface area contributed by atoms with E-state index in [1.807, 2.05) is 65.6 Å². The van der Waals surface area contributed by atoms with Crippen molar-refractivity contribution in [1.82, 2.24) is 10.3 Å². The Bertz CT molecular complexity index is 1120. The Labute approximate surface area is 218 Å². The first-order chi connectivity index (χ1) is 18.0. The van der Waals surface area contributed by atoms with E-state index in [9.17, 15) is 9.90 Å². The van der Waals surface area contributed by atoms with E-state index in [2.05, 4.69) is 10.3 Å². The Hall–Kier alpha value is -3.62. The van der Waals surface area contributed by atoms with E-state index in [1.165, 1.54) is 0 Å². The van der Waals surface area contributed by atoms with Gasteiger partial charge in [-0.3, -0.25) is 0 Å². The second-order valence-corrected chi connectivity index (χ2v) is 8.98. The average Bonchev–Trinajstić information content (AvgIpc) is 2.93. The first-order valence-corrected chi connectivity index (χ1v) is 12.8. The van der Waals surface area contributed by atoms with Gasteiger partial charge in [-0.2, -0.15) is 0 Å². The zero-order chi connectivity index (χ0) is 26.0. The number of rotatable bonds is 11. The van der Waals surface area contributed by atoms with Gasteiger partial charge >= 0.3 is 5.97 Å². The van der Waals surface area contributed by atoms with Gasteiger partial charge in [-0.05, 0) is 81.7 Å². The molecule has 4 rings (SSSR count). The second kappa shape index (κ2) is 13.1. The number of nitrogens with zero attached hydrogens (tertiary/aromatic N) is 2. The molecule has 37 heavy (non-hydrogen) atoms. The monoisotopic (exact) mass is 505 g/mol. The van der Waals surface area contributed by atoms with Gasteiger partial charge in [0.1, 0.15) is 30.0 Å². The molecular weight excluding hydrogens is 470 g/mol. The van der Waals surface area contributed by atoms with Gasteiger partial charge in [-0.1, -0.05) is 36.4 Å². The number of carbonyl (C=O) groups is 1. The molecule has 1 fully saturated rings. The summed E-state index contributed by atoms with van der Waals surface area (Å²) in [6.45, 7) is 5.90. The molecule has 2 heterocycles. The zero-order valence-electron chi connectivity index (χ0n) is 21.4. The highest BCUT2D eigenvalue weighted by Crippen LogP contribution is 2.28. The number of benzene rings is 2. The minimum atomic E-state index is -0.836. The van der Waals surface area contributed by atoms with E-state index in [1.54, 1.807) is 26.0 Å². The molecule has 0 bridgehead atoms. The van der Waals surface area contributed by atoms with E-state index in [4.69, 9.17) is 14.2 Å². The number of piperidine rings is 1. The molecule has 0 aliphatic carbocycles. The molecule has 1 aliphatic heterocycles. The number of hydrogen-bond donors (Lipinski definition) is 2. The predicted molar refractivity (Wildman–Crippen MR) is 142 cm³/mol. The van der Waals surface area contributed by atoms with Crippen molar-refractivity contribution in [2.24, 2.45) is 0 Å². The summed E-state index contributed by atoms with van der Waals surface area (Å²) in [5.74, 6) is 1.41. The topological polar surface area (TPSA) is 93.2 Å². The molecule has 1 aromatic heterocycles. The molecule has 3 aromatic rings. The lowest BCUT2D eigenvalue weighted by molar-refractivity contribution is 0.0383. The first kappa shape index (κ1) is 26.4. The van der Waals surface area contributed by atoms with Crippen LogP contribution >= 0.6 is 0 Å². The fourth-order valence-electron chi connectivity index (χ4n) is 4.38. The highest BCUT2D eigenvalue weighted by atomic mass is 16.5. The van der Waals surface area contributed by atoms with E-state index < -0.39 is 18.3 Å². The third-order valence-corrected chi connectivity index (χ3v) is 6.20. The fourth-order valence-corrected chi connectivity index (χ4v) is 4.38. The highest BCUT2D eigenvalue weighted by Gasteiger charge is 2.33. The lowest BCUT2D eigenvalue weighted by Crippen LogP contribution is -2.55. The summed E-state index contributed by atoms with van der Waals surface area (Å²) in [6, 6.07) is 22.7. The molecule has 0 amide bonds. The minimum Gasteiger partial charge on any atom is -0.489 e. The third kappa shape index (κ3) is 7.21. The van der Waals surface area contributed by atoms with Gasteiger partial charge in [0.2, 0.25) is 0 Å². The van der Waals surface area contributed by atoms with Crippen LogP contribution in [0.2, 0.25) is 0 Å². The van der Waals surface area contributed by atoms with Crippen LogP contribution in [0.25, 0.3) is 0 Å². The molecular formula is C29H35N3O5. The van der Waals surface area contributed by atoms with Crippen LogP contribution < -0.4 is 19.7 Å². The summed E-state index contributed by atoms with van der Waals surface area (Å²) >= 11 is 0. The first-order valence-electron chi connectivity index (χ1n) is 12.8. The molecule has 2 N–H and O–H groups in total. The van der Waals surface area contributed by atoms with Gasteiger partial charge < -0.3 is 29.5 Å². The van der Waals surface area contributed by atoms with Gasteiger partial charge in [0.15, 0.2) is 11.9 Å². The van der Waals surface area contributed by atoms with Crippen LogP contribution in [0, 0.1) is 0 Å². The molecule has 0 radical (unpaired) electrons. The molecule has 2 aromatic carbocycles. The molecule has 8 nitrogen and oxygen atoms in total. The normalized spacial score (nSPS) is 15.4. The number of aromatic nitrogens is 1. The summed E-state index contributed by atoms with van der Waals surface area (Å²) in [4.78, 5) is 19.0. The fraction of sp³-hybridized carbons (Fsp3) is 0.379. The van der Waals surface area contributed by atoms with Crippen molar-refractivity contribution in [2.75, 3.05) is 24.6 Å². The highest BCUT2D eigenvalue weighted by molar-refractivity contribution is 5.87. The average molecular weight is 506 g/mol. The maximum absolute atomic E-state index is 12.4. The van der Waals surface area contributed by atoms with Crippen molar-refractivity contribution in [3.8, 4) is 11.5 Å². The summed E-state index contributed by atoms with van der Waals surface area (Å²) in [5.41, 5.74) is 1.31. The largest absolute Gasteiger partial charge is 0.489 e. The molecule has 0 saturated carbocycles. The lowest BCUT2D eigenvalue weighted by Gasteiger charge is -2.41. The number of carbonyl (C=O) groups excluding carboxylic acids is 1. The standard InChI is InChI=1S/C29H35N3O5/c1-3-35-29(34)26-10-7-11-27(31-26)32(23-16-18-30-19-17-23)28(21(2)33)37-25-14-12-24(13-15-25)36-20-22-8-5-4-6-9-22/h4-15,21,23,28,30,33H,3,16-20H2,1-2H3. The smallest absolute Gasteiger partial charge is 0.356 e. The molecule has 2 unspecified atom stereocenters. The number of hydrogen-bond acceptors (Lipinski definition) is 8. The molecule has 1 aliphatic rings. The number of ether oxygens (including phenoxy) is 3. The number of anilines is 1. The SMILES string of the molecule is CCOC(=O)c1cccc(N(C2CCNCC2)C(Oc2ccc(OCc3ccccc3)cc2)C(C)O)n1. The van der Waals surface area contributed by atoms with Crippen LogP contribution in [0.15, 0.2) is 72.8 Å². The molecule has 8 heteroatoms. The number of aliphatic hydroxyl groups excluding tert-OH is 1. The number of aliphatic hydroxyl groups is 1. The van der Waals surface area contributed by atoms with Crippen LogP contribution in [0.5, 0.6) is 11.5 Å². The van der Waals surface area contributed by atoms with Gasteiger partial charge in [0, 0.05) is 6.04 Å². The third-order valence-electron chi connectivity index (χ3n) is 6.20. The van der Waals surface area contributed by atoms with Crippen LogP contribution in [0.3, 0.4) is 0 Å². The van der Waals surface area contributed by atoms with E-state index in [0.717, 1.165) is 37.2 Å². The molecule has 0 spiro atoms. The summed E-state index contributed by atoms with van der Waals surface area (Å²) < 4.78 is 17.4. The number of nitrogens with one attached hydrogen (secondary N) is 1. The lowest BCUT2D eigenvalue weighted by atomic mass is 10.0. The van der Waals surface area contributed by atoms with E-state index >= 15 is 0 Å². The maximum Gasteiger partial charge on any atom is 0.356 e. The van der Waals surface area contributed by atoms with Gasteiger partial charge in [-0.25, -0.2) is 9.78 Å². The summed E-state index contributed by atoms with van der Waals surface area (Å²) in [6.07, 6.45) is 0.148. The number of esters is 1. The molecule has 196 valence electrons. The molecule has 2 atom stereocenters. The van der Waals surface area contributed by atoms with E-state index in [-0.39, 0.29) is 18.3 Å². The zero-order valence-corrected chi connectivity index (χ0v) is 21.4. The van der Waals surface area contributed by atoms with Gasteiger partial charge in [0.25, 0.3) is 0 Å². The summed E-state index contributed by atoms with van der Waals surface area (Å²) in [7, 11) is 0. The minimum absolute atomic E-state index is 0.0688. The quantitative estimate of drug-likeness (QED) is 0.296. The Morgan fingerprint density at radius 3 is 2.41 bits per heavy atom. The Morgan fingerprint density at radius 2 is 1.73 bits per heavy atom. The number of pyridine rings is 1. The van der Waals surface area contributed by atoms with E-state index in [0.29, 0.717) is 18.2 Å².